The smallest absolute Gasteiger partial charge is 0.243 e. The van der Waals surface area contributed by atoms with Crippen molar-refractivity contribution >= 4 is 11.9 Å². The molecule has 0 aliphatic carbocycles. The van der Waals surface area contributed by atoms with Crippen LogP contribution in [0.5, 0.6) is 5.75 Å². The van der Waals surface area contributed by atoms with Crippen LogP contribution >= 0.6 is 0 Å². The van der Waals surface area contributed by atoms with Crippen LogP contribution in [0.1, 0.15) is 18.9 Å². The van der Waals surface area contributed by atoms with Gasteiger partial charge < -0.3 is 25.0 Å². The van der Waals surface area contributed by atoms with Crippen molar-refractivity contribution in [2.24, 2.45) is 4.99 Å². The summed E-state index contributed by atoms with van der Waals surface area (Å²) in [6.07, 6.45) is 0.982. The zero-order chi connectivity index (χ0) is 18.5. The highest BCUT2D eigenvalue weighted by Gasteiger charge is 2.04. The van der Waals surface area contributed by atoms with Crippen LogP contribution in [0.25, 0.3) is 0 Å². The van der Waals surface area contributed by atoms with E-state index in [0.717, 1.165) is 24.3 Å². The Hall–Kier alpha value is -2.28. The summed E-state index contributed by atoms with van der Waals surface area (Å²) < 4.78 is 10.8. The van der Waals surface area contributed by atoms with Gasteiger partial charge in [-0.05, 0) is 24.1 Å². The van der Waals surface area contributed by atoms with Crippen molar-refractivity contribution < 1.29 is 14.3 Å². The molecule has 0 fully saturated rings. The van der Waals surface area contributed by atoms with E-state index in [1.54, 1.807) is 21.2 Å². The number of carbonyl (C=O) groups is 1. The summed E-state index contributed by atoms with van der Waals surface area (Å²) in [5.41, 5.74) is 1.09. The topological polar surface area (TPSA) is 75.2 Å². The second-order valence-corrected chi connectivity index (χ2v) is 5.71. The molecule has 0 saturated carbocycles. The van der Waals surface area contributed by atoms with Gasteiger partial charge in [-0.25, -0.2) is 4.99 Å². The van der Waals surface area contributed by atoms with Crippen molar-refractivity contribution in [1.82, 2.24) is 15.5 Å². The van der Waals surface area contributed by atoms with Gasteiger partial charge in [-0.1, -0.05) is 19.1 Å². The molecule has 140 valence electrons. The number of ether oxygens (including phenoxy) is 2. The highest BCUT2D eigenvalue weighted by Crippen LogP contribution is 2.11. The first-order valence-corrected chi connectivity index (χ1v) is 8.49. The van der Waals surface area contributed by atoms with E-state index in [9.17, 15) is 4.79 Å². The number of hydrogen-bond donors (Lipinski definition) is 2. The summed E-state index contributed by atoms with van der Waals surface area (Å²) in [6.45, 7) is 4.70. The van der Waals surface area contributed by atoms with Crippen LogP contribution in [0.15, 0.2) is 29.3 Å². The van der Waals surface area contributed by atoms with Crippen molar-refractivity contribution in [3.05, 3.63) is 29.8 Å². The molecule has 0 radical (unpaired) electrons. The van der Waals surface area contributed by atoms with Gasteiger partial charge in [-0.15, -0.1) is 0 Å². The molecular formula is C18H30N4O3. The maximum Gasteiger partial charge on any atom is 0.243 e. The number of guanidine groups is 1. The molecule has 0 aliphatic heterocycles. The van der Waals surface area contributed by atoms with Gasteiger partial charge in [-0.3, -0.25) is 4.79 Å². The zero-order valence-electron chi connectivity index (χ0n) is 15.7. The van der Waals surface area contributed by atoms with E-state index >= 15 is 0 Å². The fraction of sp³-hybridized carbons (Fsp3) is 0.556. The number of hydrogen-bond acceptors (Lipinski definition) is 4. The number of rotatable bonds is 10. The van der Waals surface area contributed by atoms with Crippen LogP contribution in [0, 0.1) is 0 Å². The van der Waals surface area contributed by atoms with Crippen LogP contribution in [-0.4, -0.2) is 64.2 Å². The summed E-state index contributed by atoms with van der Waals surface area (Å²) in [5, 5.41) is 6.36. The molecule has 2 N–H and O–H groups in total. The Morgan fingerprint density at radius 2 is 1.84 bits per heavy atom. The van der Waals surface area contributed by atoms with Gasteiger partial charge in [0.1, 0.15) is 12.3 Å². The van der Waals surface area contributed by atoms with Gasteiger partial charge in [0, 0.05) is 27.2 Å². The monoisotopic (exact) mass is 350 g/mol. The lowest BCUT2D eigenvalue weighted by atomic mass is 10.2. The van der Waals surface area contributed by atoms with Gasteiger partial charge >= 0.3 is 0 Å². The molecule has 1 rings (SSSR count). The van der Waals surface area contributed by atoms with Crippen molar-refractivity contribution in [2.45, 2.75) is 20.0 Å². The SMILES string of the molecule is CCCNC(=NCC(=O)N(C)C)NCCOCc1ccc(OC)cc1. The predicted molar refractivity (Wildman–Crippen MR) is 99.9 cm³/mol. The van der Waals surface area contributed by atoms with Crippen LogP contribution in [-0.2, 0) is 16.1 Å². The van der Waals surface area contributed by atoms with E-state index in [1.807, 2.05) is 24.3 Å². The third-order valence-electron chi connectivity index (χ3n) is 3.38. The van der Waals surface area contributed by atoms with E-state index < -0.39 is 0 Å². The number of benzene rings is 1. The summed E-state index contributed by atoms with van der Waals surface area (Å²) in [7, 11) is 5.09. The van der Waals surface area contributed by atoms with E-state index in [4.69, 9.17) is 9.47 Å². The van der Waals surface area contributed by atoms with E-state index in [2.05, 4.69) is 22.5 Å². The standard InChI is InChI=1S/C18H30N4O3/c1-5-10-19-18(21-13-17(23)22(2)3)20-11-12-25-14-15-6-8-16(24-4)9-7-15/h6-9H,5,10-14H2,1-4H3,(H2,19,20,21). The third kappa shape index (κ3) is 8.95. The highest BCUT2D eigenvalue weighted by atomic mass is 16.5. The third-order valence-corrected chi connectivity index (χ3v) is 3.38. The molecule has 0 unspecified atom stereocenters. The predicted octanol–water partition coefficient (Wildman–Crippen LogP) is 1.25. The molecule has 0 spiro atoms. The fourth-order valence-corrected chi connectivity index (χ4v) is 1.86. The van der Waals surface area contributed by atoms with E-state index in [1.165, 1.54) is 4.90 Å². The quantitative estimate of drug-likeness (QED) is 0.377. The van der Waals surface area contributed by atoms with Crippen molar-refractivity contribution in [3.63, 3.8) is 0 Å². The zero-order valence-corrected chi connectivity index (χ0v) is 15.7. The van der Waals surface area contributed by atoms with Crippen LogP contribution < -0.4 is 15.4 Å². The molecule has 0 saturated heterocycles. The Balaban J connectivity index is 2.32. The molecule has 0 aliphatic rings. The Labute approximate surface area is 150 Å². The first-order valence-electron chi connectivity index (χ1n) is 8.49. The molecule has 0 atom stereocenters. The van der Waals surface area contributed by atoms with Crippen molar-refractivity contribution in [3.8, 4) is 5.75 Å². The normalized spacial score (nSPS) is 11.1. The van der Waals surface area contributed by atoms with E-state index in [-0.39, 0.29) is 12.5 Å². The molecule has 1 amide bonds. The van der Waals surface area contributed by atoms with Gasteiger partial charge in [0.25, 0.3) is 0 Å². The molecule has 25 heavy (non-hydrogen) atoms. The minimum atomic E-state index is -0.0339. The minimum Gasteiger partial charge on any atom is -0.497 e. The van der Waals surface area contributed by atoms with Crippen LogP contribution in [0.3, 0.4) is 0 Å². The Morgan fingerprint density at radius 1 is 1.16 bits per heavy atom. The number of likely N-dealkylation sites (N-methyl/N-ethyl adjacent to an activating group) is 1. The summed E-state index contributed by atoms with van der Waals surface area (Å²) >= 11 is 0. The molecule has 0 bridgehead atoms. The van der Waals surface area contributed by atoms with Crippen molar-refractivity contribution in [1.29, 1.82) is 0 Å². The second-order valence-electron chi connectivity index (χ2n) is 5.71. The fourth-order valence-electron chi connectivity index (χ4n) is 1.86. The molecule has 7 heteroatoms. The first-order chi connectivity index (χ1) is 12.1. The second kappa shape index (κ2) is 12.1. The Morgan fingerprint density at radius 3 is 2.44 bits per heavy atom. The average Bonchev–Trinajstić information content (AvgIpc) is 2.63. The summed E-state index contributed by atoms with van der Waals surface area (Å²) in [6, 6.07) is 7.79. The Kier molecular flexibility index (Phi) is 10.1. The highest BCUT2D eigenvalue weighted by molar-refractivity contribution is 5.84. The van der Waals surface area contributed by atoms with Gasteiger partial charge in [-0.2, -0.15) is 0 Å². The number of methoxy groups -OCH3 is 1. The van der Waals surface area contributed by atoms with Crippen LogP contribution in [0.4, 0.5) is 0 Å². The number of carbonyl (C=O) groups excluding carboxylic acids is 1. The van der Waals surface area contributed by atoms with Crippen molar-refractivity contribution in [2.75, 3.05) is 47.4 Å². The number of aliphatic imine (C=N–C) groups is 1. The molecule has 0 heterocycles. The lowest BCUT2D eigenvalue weighted by Gasteiger charge is -2.13. The first kappa shape index (κ1) is 20.8. The molecule has 1 aromatic carbocycles. The van der Waals surface area contributed by atoms with Gasteiger partial charge in [0.05, 0.1) is 20.3 Å². The summed E-state index contributed by atoms with van der Waals surface area (Å²) in [4.78, 5) is 17.4. The molecular weight excluding hydrogens is 320 g/mol. The van der Waals surface area contributed by atoms with Gasteiger partial charge in [0.15, 0.2) is 5.96 Å². The molecule has 1 aromatic rings. The molecule has 7 nitrogen and oxygen atoms in total. The number of nitrogens with one attached hydrogen (secondary N) is 2. The Bertz CT molecular complexity index is 530. The van der Waals surface area contributed by atoms with Crippen LogP contribution in [0.2, 0.25) is 0 Å². The van der Waals surface area contributed by atoms with Gasteiger partial charge in [0.2, 0.25) is 5.91 Å². The summed E-state index contributed by atoms with van der Waals surface area (Å²) in [5.74, 6) is 1.43. The van der Waals surface area contributed by atoms with E-state index in [0.29, 0.717) is 25.7 Å². The molecule has 0 aromatic heterocycles. The number of nitrogens with zero attached hydrogens (tertiary/aromatic N) is 2. The maximum atomic E-state index is 11.6. The number of amides is 1. The largest absolute Gasteiger partial charge is 0.497 e. The lowest BCUT2D eigenvalue weighted by molar-refractivity contribution is -0.127. The lowest BCUT2D eigenvalue weighted by Crippen LogP contribution is -2.40. The minimum absolute atomic E-state index is 0.0339. The maximum absolute atomic E-state index is 11.6. The average molecular weight is 350 g/mol.